The standard InChI is InChI=1S/C8H18N2O3/c9-1-2-10-3-5-12-7-8-13-6-4-11/h2,11H,1,3-9H2. The second kappa shape index (κ2) is 11.5. The van der Waals surface area contributed by atoms with Crippen LogP contribution >= 0.6 is 0 Å². The van der Waals surface area contributed by atoms with Crippen LogP contribution in [0.5, 0.6) is 0 Å². The lowest BCUT2D eigenvalue weighted by Gasteiger charge is -2.02. The van der Waals surface area contributed by atoms with E-state index in [1.807, 2.05) is 0 Å². The molecule has 0 aromatic rings. The number of hydrogen-bond donors (Lipinski definition) is 2. The zero-order valence-corrected chi connectivity index (χ0v) is 7.82. The molecule has 5 nitrogen and oxygen atoms in total. The summed E-state index contributed by atoms with van der Waals surface area (Å²) in [5, 5.41) is 8.37. The van der Waals surface area contributed by atoms with Gasteiger partial charge >= 0.3 is 0 Å². The Labute approximate surface area is 78.6 Å². The maximum absolute atomic E-state index is 8.37. The van der Waals surface area contributed by atoms with Crippen LogP contribution in [0.25, 0.3) is 0 Å². The Balaban J connectivity index is 2.87. The first kappa shape index (κ1) is 12.5. The Kier molecular flexibility index (Phi) is 11.1. The van der Waals surface area contributed by atoms with Crippen molar-refractivity contribution in [3.63, 3.8) is 0 Å². The van der Waals surface area contributed by atoms with Crippen molar-refractivity contribution in [1.29, 1.82) is 0 Å². The van der Waals surface area contributed by atoms with Gasteiger partial charge in [-0.25, -0.2) is 0 Å². The Bertz CT molecular complexity index is 120. The summed E-state index contributed by atoms with van der Waals surface area (Å²) in [4.78, 5) is 3.97. The third-order valence-electron chi connectivity index (χ3n) is 1.21. The summed E-state index contributed by atoms with van der Waals surface area (Å²) in [7, 11) is 0. The molecule has 0 fully saturated rings. The number of ether oxygens (including phenoxy) is 2. The molecule has 13 heavy (non-hydrogen) atoms. The van der Waals surface area contributed by atoms with Gasteiger partial charge in [0.05, 0.1) is 39.6 Å². The maximum Gasteiger partial charge on any atom is 0.0701 e. The van der Waals surface area contributed by atoms with Crippen LogP contribution in [-0.2, 0) is 9.47 Å². The van der Waals surface area contributed by atoms with E-state index in [1.165, 1.54) is 0 Å². The number of nitrogens with two attached hydrogens (primary N) is 1. The Morgan fingerprint density at radius 1 is 1.15 bits per heavy atom. The maximum atomic E-state index is 8.37. The van der Waals surface area contributed by atoms with E-state index >= 15 is 0 Å². The lowest BCUT2D eigenvalue weighted by atomic mass is 10.6. The third kappa shape index (κ3) is 11.5. The van der Waals surface area contributed by atoms with Gasteiger partial charge in [0.25, 0.3) is 0 Å². The van der Waals surface area contributed by atoms with Crippen molar-refractivity contribution in [2.24, 2.45) is 10.7 Å². The van der Waals surface area contributed by atoms with Crippen molar-refractivity contribution in [2.75, 3.05) is 46.1 Å². The minimum absolute atomic E-state index is 0.0563. The van der Waals surface area contributed by atoms with Crippen molar-refractivity contribution in [3.8, 4) is 0 Å². The van der Waals surface area contributed by atoms with E-state index in [9.17, 15) is 0 Å². The molecule has 0 aliphatic rings. The van der Waals surface area contributed by atoms with E-state index < -0.39 is 0 Å². The molecular weight excluding hydrogens is 172 g/mol. The van der Waals surface area contributed by atoms with E-state index in [4.69, 9.17) is 20.3 Å². The SMILES string of the molecule is NCC=NCCOCCOCCO. The van der Waals surface area contributed by atoms with Crippen molar-refractivity contribution in [3.05, 3.63) is 0 Å². The molecule has 78 valence electrons. The summed E-state index contributed by atoms with van der Waals surface area (Å²) >= 11 is 0. The summed E-state index contributed by atoms with van der Waals surface area (Å²) in [6.45, 7) is 3.17. The fourth-order valence-electron chi connectivity index (χ4n) is 0.670. The highest BCUT2D eigenvalue weighted by Gasteiger charge is 1.87. The van der Waals surface area contributed by atoms with Crippen LogP contribution < -0.4 is 5.73 Å². The number of aliphatic hydroxyl groups excluding tert-OH is 1. The van der Waals surface area contributed by atoms with Crippen LogP contribution in [0.2, 0.25) is 0 Å². The molecule has 0 radical (unpaired) electrons. The van der Waals surface area contributed by atoms with E-state index in [2.05, 4.69) is 4.99 Å². The van der Waals surface area contributed by atoms with Gasteiger partial charge < -0.3 is 20.3 Å². The van der Waals surface area contributed by atoms with Gasteiger partial charge in [0.15, 0.2) is 0 Å². The molecule has 0 spiro atoms. The number of aliphatic imine (C=N–C) groups is 1. The lowest BCUT2D eigenvalue weighted by molar-refractivity contribution is 0.0355. The molecule has 0 saturated carbocycles. The van der Waals surface area contributed by atoms with Crippen LogP contribution in [-0.4, -0.2) is 57.4 Å². The van der Waals surface area contributed by atoms with Gasteiger partial charge in [-0.15, -0.1) is 0 Å². The van der Waals surface area contributed by atoms with Gasteiger partial charge in [-0.05, 0) is 0 Å². The molecule has 0 aromatic carbocycles. The normalized spacial score (nSPS) is 11.2. The zero-order valence-electron chi connectivity index (χ0n) is 7.82. The molecule has 0 rings (SSSR count). The molecule has 0 aromatic heterocycles. The smallest absolute Gasteiger partial charge is 0.0701 e. The number of hydrogen-bond acceptors (Lipinski definition) is 5. The summed E-state index contributed by atoms with van der Waals surface area (Å²) in [5.74, 6) is 0. The van der Waals surface area contributed by atoms with Crippen molar-refractivity contribution >= 4 is 6.21 Å². The number of nitrogens with zero attached hydrogens (tertiary/aromatic N) is 1. The summed E-state index contributed by atoms with van der Waals surface area (Å²) in [5.41, 5.74) is 5.19. The van der Waals surface area contributed by atoms with E-state index in [0.29, 0.717) is 39.5 Å². The minimum Gasteiger partial charge on any atom is -0.394 e. The highest BCUT2D eigenvalue weighted by Crippen LogP contribution is 1.79. The lowest BCUT2D eigenvalue weighted by Crippen LogP contribution is -2.09. The Morgan fingerprint density at radius 2 is 1.85 bits per heavy atom. The highest BCUT2D eigenvalue weighted by atomic mass is 16.5. The first-order valence-corrected chi connectivity index (χ1v) is 4.36. The minimum atomic E-state index is 0.0563. The number of aliphatic hydroxyl groups is 1. The van der Waals surface area contributed by atoms with Gasteiger partial charge in [0.2, 0.25) is 0 Å². The van der Waals surface area contributed by atoms with Gasteiger partial charge in [-0.1, -0.05) is 0 Å². The molecule has 0 aliphatic heterocycles. The monoisotopic (exact) mass is 190 g/mol. The van der Waals surface area contributed by atoms with Crippen LogP contribution in [0.3, 0.4) is 0 Å². The molecule has 0 bridgehead atoms. The molecule has 0 unspecified atom stereocenters. The fraction of sp³-hybridized carbons (Fsp3) is 0.875. The first-order chi connectivity index (χ1) is 6.41. The summed E-state index contributed by atoms with van der Waals surface area (Å²) < 4.78 is 10.1. The van der Waals surface area contributed by atoms with Crippen LogP contribution in [0, 0.1) is 0 Å². The second-order valence-corrected chi connectivity index (χ2v) is 2.27. The largest absolute Gasteiger partial charge is 0.394 e. The molecule has 0 atom stereocenters. The van der Waals surface area contributed by atoms with Crippen LogP contribution in [0.1, 0.15) is 0 Å². The fourth-order valence-corrected chi connectivity index (χ4v) is 0.670. The van der Waals surface area contributed by atoms with Crippen molar-refractivity contribution in [1.82, 2.24) is 0 Å². The third-order valence-corrected chi connectivity index (χ3v) is 1.21. The first-order valence-electron chi connectivity index (χ1n) is 4.36. The summed E-state index contributed by atoms with van der Waals surface area (Å²) in [6.07, 6.45) is 1.66. The second-order valence-electron chi connectivity index (χ2n) is 2.27. The van der Waals surface area contributed by atoms with Crippen LogP contribution in [0.4, 0.5) is 0 Å². The average molecular weight is 190 g/mol. The van der Waals surface area contributed by atoms with Gasteiger partial charge in [-0.2, -0.15) is 0 Å². The number of rotatable bonds is 9. The van der Waals surface area contributed by atoms with Crippen LogP contribution in [0.15, 0.2) is 4.99 Å². The summed E-state index contributed by atoms with van der Waals surface area (Å²) in [6, 6.07) is 0. The van der Waals surface area contributed by atoms with Crippen molar-refractivity contribution in [2.45, 2.75) is 0 Å². The quantitative estimate of drug-likeness (QED) is 0.363. The molecule has 0 aliphatic carbocycles. The molecule has 3 N–H and O–H groups in total. The van der Waals surface area contributed by atoms with Gasteiger partial charge in [0, 0.05) is 12.8 Å². The molecule has 0 amide bonds. The topological polar surface area (TPSA) is 77.1 Å². The van der Waals surface area contributed by atoms with E-state index in [-0.39, 0.29) is 6.61 Å². The van der Waals surface area contributed by atoms with Gasteiger partial charge in [-0.3, -0.25) is 4.99 Å². The predicted octanol–water partition coefficient (Wildman–Crippen LogP) is -0.959. The molecule has 0 saturated heterocycles. The molecular formula is C8H18N2O3. The highest BCUT2D eigenvalue weighted by molar-refractivity contribution is 5.59. The van der Waals surface area contributed by atoms with E-state index in [0.717, 1.165) is 0 Å². The molecule has 0 heterocycles. The average Bonchev–Trinajstić information content (AvgIpc) is 2.16. The van der Waals surface area contributed by atoms with Gasteiger partial charge in [0.1, 0.15) is 0 Å². The van der Waals surface area contributed by atoms with E-state index in [1.54, 1.807) is 6.21 Å². The zero-order chi connectivity index (χ0) is 9.78. The Hall–Kier alpha value is -0.490. The Morgan fingerprint density at radius 3 is 2.46 bits per heavy atom. The predicted molar refractivity (Wildman–Crippen MR) is 51.1 cm³/mol. The molecule has 5 heteroatoms. The van der Waals surface area contributed by atoms with Crippen molar-refractivity contribution < 1.29 is 14.6 Å².